The van der Waals surface area contributed by atoms with Gasteiger partial charge in [0.15, 0.2) is 0 Å². The Morgan fingerprint density at radius 2 is 0.507 bits per heavy atom. The Morgan fingerprint density at radius 3 is 0.736 bits per heavy atom. The number of hydrogen-bond donors (Lipinski definition) is 2. The van der Waals surface area contributed by atoms with Gasteiger partial charge in [0.25, 0.3) is 0 Å². The van der Waals surface area contributed by atoms with Crippen LogP contribution in [0.3, 0.4) is 0 Å². The summed E-state index contributed by atoms with van der Waals surface area (Å²) in [5.74, 6) is 6.15. The molecular formula is C96H220O33S4Si11. The van der Waals surface area contributed by atoms with E-state index in [1.54, 1.807) is 78.2 Å². The van der Waals surface area contributed by atoms with Gasteiger partial charge in [-0.05, 0) is 274 Å². The predicted octanol–water partition coefficient (Wildman–Crippen LogP) is 20.6. The van der Waals surface area contributed by atoms with E-state index in [9.17, 15) is 10.2 Å². The van der Waals surface area contributed by atoms with Gasteiger partial charge in [0, 0.05) is 277 Å². The van der Waals surface area contributed by atoms with Crippen molar-refractivity contribution in [2.45, 2.75) is 313 Å². The summed E-state index contributed by atoms with van der Waals surface area (Å²) < 4.78 is 171. The van der Waals surface area contributed by atoms with Crippen molar-refractivity contribution in [3.63, 3.8) is 0 Å². The number of hydrogen-bond acceptors (Lipinski definition) is 36. The summed E-state index contributed by atoms with van der Waals surface area (Å²) >= 11 is 0. The van der Waals surface area contributed by atoms with E-state index in [4.69, 9.17) is 134 Å². The molecule has 2 aliphatic carbocycles. The third-order valence-electron chi connectivity index (χ3n) is 22.6. The van der Waals surface area contributed by atoms with Crippen molar-refractivity contribution >= 4 is 140 Å². The maximum Gasteiger partial charge on any atom is 0.501 e. The monoisotopic (exact) mass is 2340 g/mol. The summed E-state index contributed by atoms with van der Waals surface area (Å²) in [6.45, 7) is 57.1. The summed E-state index contributed by atoms with van der Waals surface area (Å²) in [6.07, 6.45) is 20.0. The summed E-state index contributed by atoms with van der Waals surface area (Å²) in [7, 11) is 4.51. The van der Waals surface area contributed by atoms with Crippen LogP contribution in [0, 0.1) is 11.8 Å². The molecule has 0 amide bonds. The highest BCUT2D eigenvalue weighted by molar-refractivity contribution is 8.77. The average molecular weight is 2340 g/mol. The molecule has 1 aromatic rings. The lowest BCUT2D eigenvalue weighted by molar-refractivity contribution is 0.0581. The zero-order valence-electron chi connectivity index (χ0n) is 96.8. The third-order valence-corrected chi connectivity index (χ3v) is 58.3. The van der Waals surface area contributed by atoms with Gasteiger partial charge >= 0.3 is 86.6 Å². The molecule has 1 aromatic carbocycles. The van der Waals surface area contributed by atoms with Gasteiger partial charge in [-0.2, -0.15) is 0 Å². The van der Waals surface area contributed by atoms with E-state index in [2.05, 4.69) is 85.1 Å². The Hall–Kier alpha value is 1.53. The minimum atomic E-state index is -2.55. The highest BCUT2D eigenvalue weighted by Gasteiger charge is 2.44. The Morgan fingerprint density at radius 1 is 0.264 bits per heavy atom. The lowest BCUT2D eigenvalue weighted by atomic mass is 10.2. The van der Waals surface area contributed by atoms with Crippen LogP contribution in [0.1, 0.15) is 225 Å². The van der Waals surface area contributed by atoms with Gasteiger partial charge in [-0.1, -0.05) is 106 Å². The topological polar surface area (TPSA) is 357 Å². The van der Waals surface area contributed by atoms with Crippen LogP contribution >= 0.6 is 43.2 Å². The standard InChI is InChI=1S/C21H48O8Si2.C16H38O4S2Si2.C13H28O4Si.C12H30O5S2Si2.C12H30O5Si2.C10H22O4Si.C8H10.C4H10O.H2OSi.H2O/c1-7-24-30(25-8-2,26-9-3)20-14-18-22-16-13-17-23-19-15-21-31(27-10-4,28-11-5)29-12-6;1-7-17-23(5,18-8-2)15-11-13-21-22-14-12-16-24(6,19-9-3)20-10-4;1-4-15-18(16-5-2,17-6-3)11-7-10-14-12-13-8-9-13;1-14-20(5,15-2)10-6-8-18-19-9-7-11-21(12-13,16-3)17-4;1-14-18(5,15-2)10-8-6-7-9-11-19(12-13,16-3)17-4;1-11-15(12-2,13-3)8-4-7-14-9-10-5-6-10;1-2-8-6-4-3-5-7-8;1-3-5-4-2;1-2;/h7-21H2,1-6H3;7-16H2,1-6H3;13H,4-12H2,1-3H3;13H,6-12H2,1-5H3;13H,6-12H2,1-5H3;10H,4-9H2,1-3H3;3-7H,2H2,1H3;3-4H2,1-2H3;2H2;1H2. The third kappa shape index (κ3) is 88.5. The van der Waals surface area contributed by atoms with Crippen molar-refractivity contribution in [1.29, 1.82) is 0 Å². The van der Waals surface area contributed by atoms with Crippen molar-refractivity contribution < 1.29 is 150 Å². The molecule has 48 heteroatoms. The molecule has 4 N–H and O–H groups in total. The second-order valence-corrected chi connectivity index (χ2v) is 71.0. The highest BCUT2D eigenvalue weighted by atomic mass is 33.1. The van der Waals surface area contributed by atoms with Gasteiger partial charge in [0.05, 0.1) is 12.5 Å². The van der Waals surface area contributed by atoms with Gasteiger partial charge in [0.2, 0.25) is 10.1 Å². The number of aliphatic hydroxyl groups is 2. The van der Waals surface area contributed by atoms with Gasteiger partial charge < -0.3 is 150 Å². The Balaban J connectivity index is -0.000000306. The van der Waals surface area contributed by atoms with Crippen LogP contribution in [-0.4, -0.2) is 378 Å². The van der Waals surface area contributed by atoms with Crippen LogP contribution in [0.25, 0.3) is 0 Å². The second-order valence-electron chi connectivity index (χ2n) is 33.5. The summed E-state index contributed by atoms with van der Waals surface area (Å²) in [5, 5.41) is 18.7. The number of aryl methyl sites for hydroxylation is 1. The maximum atomic E-state index is 9.35. The maximum absolute atomic E-state index is 9.35. The largest absolute Gasteiger partial charge is 0.501 e. The Bertz CT molecular complexity index is 2580. The smallest absolute Gasteiger partial charge is 0.412 e. The molecule has 0 bridgehead atoms. The van der Waals surface area contributed by atoms with Crippen molar-refractivity contribution in [3.05, 3.63) is 35.9 Å². The van der Waals surface area contributed by atoms with Crippen molar-refractivity contribution in [2.75, 3.05) is 266 Å². The summed E-state index contributed by atoms with van der Waals surface area (Å²) in [4.78, 5) is 0. The zero-order valence-corrected chi connectivity index (χ0v) is 112. The first-order valence-corrected chi connectivity index (χ1v) is 81.0. The first-order valence-electron chi connectivity index (χ1n) is 53.2. The van der Waals surface area contributed by atoms with Crippen molar-refractivity contribution in [3.8, 4) is 0 Å². The molecule has 2 saturated carbocycles. The minimum absolute atomic E-state index is 0. The van der Waals surface area contributed by atoms with Gasteiger partial charge in [0.1, 0.15) is 0 Å². The highest BCUT2D eigenvalue weighted by Crippen LogP contribution is 2.33. The Labute approximate surface area is 909 Å². The number of rotatable bonds is 91. The molecular weight excluding hydrogens is 2120 g/mol. The SMILES string of the molecule is CCOCC.CCO[Si](C)(CCCSSCCC[Si](C)(OCC)OCC)OCC.CCO[Si](CCCOCC1CC1)(OCC)OCC.CCO[Si](CCCOCCCOCCC[Si](OCC)(OCC)OCC)(OCC)OCC.CCc1ccccc1.CO[Si](C)(CCCCCC[Si](CO)(OC)OC)OC.CO[Si](C)(CCCSSCCC[Si](CO)(OC)OC)OC.CO[Si](CCCOCC1CC1)(OC)OC.O.O=[SiH2]. The molecule has 870 valence electrons. The fourth-order valence-electron chi connectivity index (χ4n) is 13.9. The molecule has 0 unspecified atom stereocenters. The number of aliphatic hydroxyl groups excluding tert-OH is 2. The zero-order chi connectivity index (χ0) is 109. The molecule has 0 spiro atoms. The van der Waals surface area contributed by atoms with Crippen LogP contribution in [0.4, 0.5) is 0 Å². The molecule has 0 heterocycles. The average Bonchev–Trinajstić information content (AvgIpc) is 1.64. The molecule has 0 aliphatic heterocycles. The summed E-state index contributed by atoms with van der Waals surface area (Å²) in [6, 6.07) is 19.6. The van der Waals surface area contributed by atoms with E-state index in [1.807, 2.05) is 125 Å². The number of benzene rings is 1. The fraction of sp³-hybridized carbons (Fsp3) is 0.938. The Kier molecular flexibility index (Phi) is 120. The van der Waals surface area contributed by atoms with Crippen LogP contribution in [-0.2, 0) is 141 Å². The fourth-order valence-corrected chi connectivity index (χ4v) is 39.9. The van der Waals surface area contributed by atoms with Crippen molar-refractivity contribution in [2.24, 2.45) is 11.8 Å². The first kappa shape index (κ1) is 158. The quantitative estimate of drug-likeness (QED) is 0.0347. The van der Waals surface area contributed by atoms with Crippen LogP contribution in [0.2, 0.25) is 86.6 Å². The van der Waals surface area contributed by atoms with E-state index < -0.39 is 86.6 Å². The molecule has 3 rings (SSSR count). The number of ether oxygens (including phenoxy) is 5. The number of unbranched alkanes of at least 4 members (excludes halogenated alkanes) is 3. The van der Waals surface area contributed by atoms with Gasteiger partial charge in [-0.3, -0.25) is 0 Å². The van der Waals surface area contributed by atoms with E-state index in [-0.39, 0.29) is 17.9 Å². The van der Waals surface area contributed by atoms with Crippen LogP contribution in [0.5, 0.6) is 0 Å². The van der Waals surface area contributed by atoms with E-state index in [1.165, 1.54) is 55.6 Å². The van der Waals surface area contributed by atoms with Crippen LogP contribution < -0.4 is 0 Å². The lowest BCUT2D eigenvalue weighted by Crippen LogP contribution is -2.46. The van der Waals surface area contributed by atoms with Crippen molar-refractivity contribution in [1.82, 2.24) is 0 Å². The molecule has 2 aliphatic rings. The van der Waals surface area contributed by atoms with Gasteiger partial charge in [-0.15, -0.1) is 0 Å². The van der Waals surface area contributed by atoms with E-state index in [0.29, 0.717) is 96.0 Å². The molecule has 0 atom stereocenters. The molecule has 0 aromatic heterocycles. The molecule has 144 heavy (non-hydrogen) atoms. The summed E-state index contributed by atoms with van der Waals surface area (Å²) in [5.41, 5.74) is 1.41. The lowest BCUT2D eigenvalue weighted by Gasteiger charge is -2.28. The molecule has 2 fully saturated rings. The minimum Gasteiger partial charge on any atom is -0.412 e. The van der Waals surface area contributed by atoms with E-state index in [0.717, 1.165) is 227 Å². The first-order chi connectivity index (χ1) is 68.9. The van der Waals surface area contributed by atoms with E-state index >= 15 is 0 Å². The molecule has 0 radical (unpaired) electrons. The second kappa shape index (κ2) is 109. The molecule has 0 saturated heterocycles. The van der Waals surface area contributed by atoms with Gasteiger partial charge in [-0.25, -0.2) is 0 Å². The normalized spacial score (nSPS) is 13.0. The predicted molar refractivity (Wildman–Crippen MR) is 621 cm³/mol. The van der Waals surface area contributed by atoms with Crippen LogP contribution in [0.15, 0.2) is 30.3 Å². The molecule has 33 nitrogen and oxygen atoms in total.